The molecule has 1 saturated heterocycles. The van der Waals surface area contributed by atoms with Crippen molar-refractivity contribution in [3.05, 3.63) is 46.2 Å². The third-order valence-electron chi connectivity index (χ3n) is 3.83. The number of benzene rings is 1. The molecule has 116 valence electrons. The quantitative estimate of drug-likeness (QED) is 0.936. The normalized spacial score (nSPS) is 17.8. The highest BCUT2D eigenvalue weighted by Gasteiger charge is 2.26. The highest BCUT2D eigenvalue weighted by molar-refractivity contribution is 6.36. The van der Waals surface area contributed by atoms with E-state index in [0.717, 1.165) is 25.2 Å². The van der Waals surface area contributed by atoms with Crippen LogP contribution in [0, 0.1) is 0 Å². The van der Waals surface area contributed by atoms with Crippen LogP contribution in [0.5, 0.6) is 0 Å². The summed E-state index contributed by atoms with van der Waals surface area (Å²) in [6.45, 7) is 1.57. The largest absolute Gasteiger partial charge is 0.368 e. The van der Waals surface area contributed by atoms with Crippen LogP contribution >= 0.6 is 23.2 Å². The van der Waals surface area contributed by atoms with Gasteiger partial charge in [0.2, 0.25) is 0 Å². The summed E-state index contributed by atoms with van der Waals surface area (Å²) in [7, 11) is 1.75. The number of amides is 1. The molecule has 3 rings (SSSR count). The zero-order valence-electron chi connectivity index (χ0n) is 12.1. The minimum absolute atomic E-state index is 0.0918. The number of aromatic nitrogens is 2. The first kappa shape index (κ1) is 15.2. The van der Waals surface area contributed by atoms with Gasteiger partial charge in [0.15, 0.2) is 0 Å². The van der Waals surface area contributed by atoms with E-state index in [0.29, 0.717) is 15.7 Å². The van der Waals surface area contributed by atoms with Gasteiger partial charge in [-0.2, -0.15) is 5.10 Å². The first-order valence-electron chi connectivity index (χ1n) is 7.03. The van der Waals surface area contributed by atoms with Gasteiger partial charge < -0.3 is 10.2 Å². The Morgan fingerprint density at radius 3 is 2.86 bits per heavy atom. The van der Waals surface area contributed by atoms with Gasteiger partial charge in [-0.3, -0.25) is 9.48 Å². The molecule has 1 aromatic heterocycles. The number of rotatable bonds is 3. The van der Waals surface area contributed by atoms with Gasteiger partial charge in [0.25, 0.3) is 5.91 Å². The Kier molecular flexibility index (Phi) is 4.27. The molecule has 5 nitrogen and oxygen atoms in total. The van der Waals surface area contributed by atoms with E-state index in [1.165, 1.54) is 0 Å². The fourth-order valence-electron chi connectivity index (χ4n) is 2.69. The maximum atomic E-state index is 12.2. The molecule has 0 spiro atoms. The zero-order chi connectivity index (χ0) is 15.7. The lowest BCUT2D eigenvalue weighted by Gasteiger charge is -2.20. The molecule has 0 aliphatic carbocycles. The molecule has 1 aliphatic heterocycles. The number of carbonyl (C=O) groups excluding carboxylic acids is 1. The molecule has 22 heavy (non-hydrogen) atoms. The highest BCUT2D eigenvalue weighted by Crippen LogP contribution is 2.31. The predicted octanol–water partition coefficient (Wildman–Crippen LogP) is 2.74. The van der Waals surface area contributed by atoms with E-state index < -0.39 is 0 Å². The van der Waals surface area contributed by atoms with Crippen molar-refractivity contribution in [2.75, 3.05) is 18.0 Å². The summed E-state index contributed by atoms with van der Waals surface area (Å²) < 4.78 is 1.57. The number of aryl methyl sites for hydroxylation is 1. The summed E-state index contributed by atoms with van der Waals surface area (Å²) in [4.78, 5) is 14.4. The maximum absolute atomic E-state index is 12.2. The summed E-state index contributed by atoms with van der Waals surface area (Å²) in [5.74, 6) is -0.103. The second-order valence-corrected chi connectivity index (χ2v) is 6.18. The molecule has 1 N–H and O–H groups in total. The molecule has 2 aromatic rings. The Morgan fingerprint density at radius 1 is 1.36 bits per heavy atom. The number of hydrogen-bond acceptors (Lipinski definition) is 3. The number of hydrogen-bond donors (Lipinski definition) is 1. The molecule has 0 bridgehead atoms. The molecule has 0 radical (unpaired) electrons. The van der Waals surface area contributed by atoms with Gasteiger partial charge in [-0.15, -0.1) is 0 Å². The molecule has 1 aromatic carbocycles. The molecular formula is C15H16Cl2N4O. The van der Waals surface area contributed by atoms with E-state index in [4.69, 9.17) is 23.2 Å². The number of nitrogens with zero attached hydrogens (tertiary/aromatic N) is 3. The van der Waals surface area contributed by atoms with Gasteiger partial charge in [0.05, 0.1) is 10.7 Å². The fourth-order valence-corrected chi connectivity index (χ4v) is 3.22. The van der Waals surface area contributed by atoms with Crippen molar-refractivity contribution < 1.29 is 4.79 Å². The van der Waals surface area contributed by atoms with Crippen molar-refractivity contribution in [3.8, 4) is 0 Å². The van der Waals surface area contributed by atoms with Crippen molar-refractivity contribution in [1.29, 1.82) is 0 Å². The highest BCUT2D eigenvalue weighted by atomic mass is 35.5. The van der Waals surface area contributed by atoms with Crippen molar-refractivity contribution in [2.45, 2.75) is 12.5 Å². The van der Waals surface area contributed by atoms with Crippen LogP contribution in [0.2, 0.25) is 10.0 Å². The summed E-state index contributed by atoms with van der Waals surface area (Å²) in [5.41, 5.74) is 1.51. The average Bonchev–Trinajstić information content (AvgIpc) is 3.08. The van der Waals surface area contributed by atoms with Crippen LogP contribution < -0.4 is 10.2 Å². The second-order valence-electron chi connectivity index (χ2n) is 5.34. The minimum Gasteiger partial charge on any atom is -0.368 e. The summed E-state index contributed by atoms with van der Waals surface area (Å²) in [6.07, 6.45) is 2.49. The molecule has 1 atom stereocenters. The summed E-state index contributed by atoms with van der Waals surface area (Å²) >= 11 is 12.2. The van der Waals surface area contributed by atoms with E-state index in [2.05, 4.69) is 15.3 Å². The zero-order valence-corrected chi connectivity index (χ0v) is 13.6. The molecular weight excluding hydrogens is 323 g/mol. The van der Waals surface area contributed by atoms with Crippen LogP contribution in [0.1, 0.15) is 16.9 Å². The van der Waals surface area contributed by atoms with E-state index >= 15 is 0 Å². The van der Waals surface area contributed by atoms with Gasteiger partial charge in [-0.05, 0) is 30.7 Å². The molecule has 0 unspecified atom stereocenters. The van der Waals surface area contributed by atoms with Gasteiger partial charge >= 0.3 is 0 Å². The Morgan fingerprint density at radius 2 is 2.18 bits per heavy atom. The van der Waals surface area contributed by atoms with Gasteiger partial charge in [-0.1, -0.05) is 23.2 Å². The SMILES string of the molecule is Cn1nccc1C(=O)N[C@@H]1CCN(c2ccc(Cl)cc2Cl)C1. The fraction of sp³-hybridized carbons (Fsp3) is 0.333. The standard InChI is InChI=1S/C15H16Cl2N4O/c1-20-14(4-6-18-20)15(22)19-11-5-7-21(9-11)13-3-2-10(16)8-12(13)17/h2-4,6,8,11H,5,7,9H2,1H3,(H,19,22)/t11-/m1/s1. The third kappa shape index (κ3) is 3.05. The Labute approximate surface area is 138 Å². The Bertz CT molecular complexity index is 701. The second kappa shape index (κ2) is 6.18. The van der Waals surface area contributed by atoms with Crippen molar-refractivity contribution >= 4 is 34.8 Å². The van der Waals surface area contributed by atoms with Gasteiger partial charge in [0, 0.05) is 37.4 Å². The van der Waals surface area contributed by atoms with E-state index in [1.54, 1.807) is 30.1 Å². The van der Waals surface area contributed by atoms with Crippen LogP contribution in [-0.4, -0.2) is 34.8 Å². The molecule has 1 fully saturated rings. The van der Waals surface area contributed by atoms with Gasteiger partial charge in [0.1, 0.15) is 5.69 Å². The lowest BCUT2D eigenvalue weighted by Crippen LogP contribution is -2.38. The molecule has 7 heteroatoms. The topological polar surface area (TPSA) is 50.2 Å². The lowest BCUT2D eigenvalue weighted by atomic mass is 10.2. The van der Waals surface area contributed by atoms with Crippen molar-refractivity contribution in [1.82, 2.24) is 15.1 Å². The van der Waals surface area contributed by atoms with Crippen LogP contribution in [0.15, 0.2) is 30.5 Å². The maximum Gasteiger partial charge on any atom is 0.269 e. The van der Waals surface area contributed by atoms with E-state index in [1.807, 2.05) is 12.1 Å². The average molecular weight is 339 g/mol. The van der Waals surface area contributed by atoms with Crippen molar-refractivity contribution in [3.63, 3.8) is 0 Å². The van der Waals surface area contributed by atoms with Crippen LogP contribution in [0.25, 0.3) is 0 Å². The number of anilines is 1. The lowest BCUT2D eigenvalue weighted by molar-refractivity contribution is 0.0931. The monoisotopic (exact) mass is 338 g/mol. The minimum atomic E-state index is -0.103. The molecule has 1 amide bonds. The van der Waals surface area contributed by atoms with E-state index in [9.17, 15) is 4.79 Å². The van der Waals surface area contributed by atoms with Gasteiger partial charge in [-0.25, -0.2) is 0 Å². The first-order chi connectivity index (χ1) is 10.5. The predicted molar refractivity (Wildman–Crippen MR) is 87.8 cm³/mol. The molecule has 1 aliphatic rings. The molecule has 2 heterocycles. The summed E-state index contributed by atoms with van der Waals surface area (Å²) in [6, 6.07) is 7.27. The number of nitrogens with one attached hydrogen (secondary N) is 1. The summed E-state index contributed by atoms with van der Waals surface area (Å²) in [5, 5.41) is 8.30. The Hall–Kier alpha value is -1.72. The molecule has 0 saturated carbocycles. The first-order valence-corrected chi connectivity index (χ1v) is 7.79. The number of halogens is 2. The third-order valence-corrected chi connectivity index (χ3v) is 4.37. The number of carbonyl (C=O) groups is 1. The van der Waals surface area contributed by atoms with Crippen LogP contribution in [-0.2, 0) is 7.05 Å². The van der Waals surface area contributed by atoms with E-state index in [-0.39, 0.29) is 11.9 Å². The smallest absolute Gasteiger partial charge is 0.269 e. The Balaban J connectivity index is 1.65. The van der Waals surface area contributed by atoms with Crippen LogP contribution in [0.4, 0.5) is 5.69 Å². The van der Waals surface area contributed by atoms with Crippen LogP contribution in [0.3, 0.4) is 0 Å². The van der Waals surface area contributed by atoms with Crippen molar-refractivity contribution in [2.24, 2.45) is 7.05 Å².